The highest BCUT2D eigenvalue weighted by Gasteiger charge is 2.17. The molecular weight excluding hydrogens is 353 g/mol. The zero-order valence-electron chi connectivity index (χ0n) is 15.7. The third kappa shape index (κ3) is 4.79. The second kappa shape index (κ2) is 7.70. The van der Waals surface area contributed by atoms with E-state index >= 15 is 0 Å². The monoisotopic (exact) mass is 379 g/mol. The number of nitrogens with zero attached hydrogens (tertiary/aromatic N) is 1. The standard InChI is InChI=1S/C19H26NO5P/c1-12(2)17-10-15(6-7-18(17)21)20(5)19-13(3)8-16(9-14(19)4)25-11-26(22,23)24/h6-10,12,21H,11H2,1-5H3,(H2,22,23,24). The average molecular weight is 379 g/mol. The third-order valence-corrected chi connectivity index (χ3v) is 4.69. The van der Waals surface area contributed by atoms with Crippen molar-refractivity contribution in [3.63, 3.8) is 0 Å². The van der Waals surface area contributed by atoms with E-state index in [0.717, 1.165) is 28.1 Å². The quantitative estimate of drug-likeness (QED) is 0.644. The number of aromatic hydroxyl groups is 1. The molecule has 0 aliphatic rings. The van der Waals surface area contributed by atoms with Gasteiger partial charge in [0.25, 0.3) is 0 Å². The van der Waals surface area contributed by atoms with Crippen LogP contribution in [0, 0.1) is 13.8 Å². The SMILES string of the molecule is Cc1cc(OCP(=O)(O)O)cc(C)c1N(C)c1ccc(O)c(C(C)C)c1. The number of anilines is 2. The number of benzene rings is 2. The fraction of sp³-hybridized carbons (Fsp3) is 0.368. The third-order valence-electron chi connectivity index (χ3n) is 4.22. The molecule has 0 amide bonds. The van der Waals surface area contributed by atoms with Crippen LogP contribution in [0.15, 0.2) is 30.3 Å². The fourth-order valence-electron chi connectivity index (χ4n) is 3.03. The Morgan fingerprint density at radius 1 is 1.12 bits per heavy atom. The van der Waals surface area contributed by atoms with E-state index < -0.39 is 13.9 Å². The lowest BCUT2D eigenvalue weighted by atomic mass is 10.0. The zero-order chi connectivity index (χ0) is 19.6. The molecule has 0 radical (unpaired) electrons. The highest BCUT2D eigenvalue weighted by Crippen LogP contribution is 2.38. The zero-order valence-corrected chi connectivity index (χ0v) is 16.6. The summed E-state index contributed by atoms with van der Waals surface area (Å²) in [7, 11) is -2.27. The van der Waals surface area contributed by atoms with E-state index in [9.17, 15) is 9.67 Å². The fourth-order valence-corrected chi connectivity index (χ4v) is 3.35. The van der Waals surface area contributed by atoms with Gasteiger partial charge in [-0.3, -0.25) is 4.57 Å². The Morgan fingerprint density at radius 2 is 1.69 bits per heavy atom. The van der Waals surface area contributed by atoms with E-state index in [1.807, 2.05) is 51.8 Å². The van der Waals surface area contributed by atoms with Gasteiger partial charge < -0.3 is 24.5 Å². The molecule has 0 spiro atoms. The van der Waals surface area contributed by atoms with Gasteiger partial charge in [0.15, 0.2) is 6.35 Å². The summed E-state index contributed by atoms with van der Waals surface area (Å²) in [5.41, 5.74) is 4.65. The first-order valence-corrected chi connectivity index (χ1v) is 10.1. The second-order valence-corrected chi connectivity index (χ2v) is 8.39. The highest BCUT2D eigenvalue weighted by atomic mass is 31.2. The summed E-state index contributed by atoms with van der Waals surface area (Å²) in [6, 6.07) is 9.05. The lowest BCUT2D eigenvalue weighted by Crippen LogP contribution is -2.13. The first kappa shape index (κ1) is 20.3. The lowest BCUT2D eigenvalue weighted by molar-refractivity contribution is 0.300. The van der Waals surface area contributed by atoms with Crippen molar-refractivity contribution in [2.75, 3.05) is 18.3 Å². The number of phenols is 1. The van der Waals surface area contributed by atoms with E-state index in [1.54, 1.807) is 18.2 Å². The van der Waals surface area contributed by atoms with Gasteiger partial charge in [-0.1, -0.05) is 13.8 Å². The number of aryl methyl sites for hydroxylation is 2. The number of hydrogen-bond donors (Lipinski definition) is 3. The van der Waals surface area contributed by atoms with Crippen LogP contribution in [-0.2, 0) is 4.57 Å². The van der Waals surface area contributed by atoms with Gasteiger partial charge in [-0.2, -0.15) is 0 Å². The summed E-state index contributed by atoms with van der Waals surface area (Å²) in [6.45, 7) is 7.91. The van der Waals surface area contributed by atoms with Gasteiger partial charge in [-0.15, -0.1) is 0 Å². The smallest absolute Gasteiger partial charge is 0.362 e. The predicted molar refractivity (Wildman–Crippen MR) is 104 cm³/mol. The molecular formula is C19H26NO5P. The van der Waals surface area contributed by atoms with Crippen molar-refractivity contribution in [3.05, 3.63) is 47.0 Å². The van der Waals surface area contributed by atoms with Crippen LogP contribution in [0.3, 0.4) is 0 Å². The molecule has 2 aromatic rings. The van der Waals surface area contributed by atoms with Gasteiger partial charge in [0.05, 0.1) is 0 Å². The van der Waals surface area contributed by atoms with E-state index in [-0.39, 0.29) is 11.7 Å². The van der Waals surface area contributed by atoms with Gasteiger partial charge in [-0.05, 0) is 66.8 Å². The van der Waals surface area contributed by atoms with Crippen molar-refractivity contribution in [2.45, 2.75) is 33.6 Å². The Kier molecular flexibility index (Phi) is 6.02. The number of rotatable bonds is 6. The highest BCUT2D eigenvalue weighted by molar-refractivity contribution is 7.51. The molecule has 0 bridgehead atoms. The van der Waals surface area contributed by atoms with Crippen LogP contribution in [0.2, 0.25) is 0 Å². The molecule has 0 unspecified atom stereocenters. The molecule has 0 heterocycles. The summed E-state index contributed by atoms with van der Waals surface area (Å²) in [5, 5.41) is 10.0. The summed E-state index contributed by atoms with van der Waals surface area (Å²) >= 11 is 0. The van der Waals surface area contributed by atoms with Gasteiger partial charge in [-0.25, -0.2) is 0 Å². The molecule has 0 aliphatic carbocycles. The predicted octanol–water partition coefficient (Wildman–Crippen LogP) is 4.41. The first-order valence-electron chi connectivity index (χ1n) is 8.35. The van der Waals surface area contributed by atoms with Gasteiger partial charge in [0, 0.05) is 18.4 Å². The van der Waals surface area contributed by atoms with Crippen molar-refractivity contribution >= 4 is 19.0 Å². The Balaban J connectivity index is 2.36. The molecule has 2 aromatic carbocycles. The second-order valence-electron chi connectivity index (χ2n) is 6.80. The van der Waals surface area contributed by atoms with Crippen LogP contribution in [0.25, 0.3) is 0 Å². The minimum Gasteiger partial charge on any atom is -0.508 e. The summed E-state index contributed by atoms with van der Waals surface area (Å²) in [5.74, 6) is 0.912. The van der Waals surface area contributed by atoms with E-state index in [1.165, 1.54) is 0 Å². The molecule has 0 aromatic heterocycles. The van der Waals surface area contributed by atoms with Crippen molar-refractivity contribution in [1.82, 2.24) is 0 Å². The molecule has 6 nitrogen and oxygen atoms in total. The molecule has 2 rings (SSSR count). The van der Waals surface area contributed by atoms with Crippen LogP contribution >= 0.6 is 7.60 Å². The summed E-state index contributed by atoms with van der Waals surface area (Å²) in [6.07, 6.45) is -0.642. The molecule has 0 saturated carbocycles. The molecule has 142 valence electrons. The Hall–Kier alpha value is -2.01. The molecule has 0 atom stereocenters. The Bertz CT molecular complexity index is 821. The van der Waals surface area contributed by atoms with E-state index in [2.05, 4.69) is 0 Å². The van der Waals surface area contributed by atoms with Crippen LogP contribution < -0.4 is 9.64 Å². The van der Waals surface area contributed by atoms with Crippen molar-refractivity contribution in [1.29, 1.82) is 0 Å². The van der Waals surface area contributed by atoms with Crippen molar-refractivity contribution in [3.8, 4) is 11.5 Å². The van der Waals surface area contributed by atoms with E-state index in [4.69, 9.17) is 14.5 Å². The van der Waals surface area contributed by atoms with Crippen LogP contribution in [0.4, 0.5) is 11.4 Å². The topological polar surface area (TPSA) is 90.2 Å². The summed E-state index contributed by atoms with van der Waals surface area (Å²) in [4.78, 5) is 19.9. The maximum absolute atomic E-state index is 11.0. The average Bonchev–Trinajstić information content (AvgIpc) is 2.51. The summed E-state index contributed by atoms with van der Waals surface area (Å²) < 4.78 is 16.2. The largest absolute Gasteiger partial charge is 0.508 e. The molecule has 0 aliphatic heterocycles. The number of phenolic OH excluding ortho intramolecular Hbond substituents is 1. The molecule has 7 heteroatoms. The maximum atomic E-state index is 11.0. The molecule has 26 heavy (non-hydrogen) atoms. The first-order chi connectivity index (χ1) is 12.0. The van der Waals surface area contributed by atoms with Crippen LogP contribution in [0.1, 0.15) is 36.5 Å². The van der Waals surface area contributed by atoms with Gasteiger partial charge in [0.2, 0.25) is 0 Å². The van der Waals surface area contributed by atoms with Gasteiger partial charge in [0.1, 0.15) is 11.5 Å². The van der Waals surface area contributed by atoms with E-state index in [0.29, 0.717) is 5.75 Å². The molecule has 0 fully saturated rings. The minimum atomic E-state index is -4.22. The lowest BCUT2D eigenvalue weighted by Gasteiger charge is -2.25. The van der Waals surface area contributed by atoms with Crippen LogP contribution in [-0.4, -0.2) is 28.3 Å². The normalized spacial score (nSPS) is 11.7. The molecule has 3 N–H and O–H groups in total. The Labute approximate surface area is 154 Å². The molecule has 0 saturated heterocycles. The van der Waals surface area contributed by atoms with Crippen LogP contribution in [0.5, 0.6) is 11.5 Å². The maximum Gasteiger partial charge on any atom is 0.362 e. The van der Waals surface area contributed by atoms with Gasteiger partial charge >= 0.3 is 7.60 Å². The minimum absolute atomic E-state index is 0.203. The van der Waals surface area contributed by atoms with Crippen molar-refractivity contribution in [2.24, 2.45) is 0 Å². The Morgan fingerprint density at radius 3 is 2.19 bits per heavy atom. The van der Waals surface area contributed by atoms with Crippen molar-refractivity contribution < 1.29 is 24.2 Å². The number of hydrogen-bond acceptors (Lipinski definition) is 4. The number of ether oxygens (including phenoxy) is 1.